The summed E-state index contributed by atoms with van der Waals surface area (Å²) in [6.07, 6.45) is 3.77. The monoisotopic (exact) mass is 305 g/mol. The highest BCUT2D eigenvalue weighted by molar-refractivity contribution is 5.78. The van der Waals surface area contributed by atoms with Crippen molar-refractivity contribution < 1.29 is 23.8 Å². The fourth-order valence-electron chi connectivity index (χ4n) is 2.10. The van der Waals surface area contributed by atoms with Crippen molar-refractivity contribution in [2.45, 2.75) is 0 Å². The van der Waals surface area contributed by atoms with Crippen molar-refractivity contribution >= 4 is 18.3 Å². The van der Waals surface area contributed by atoms with Crippen LogP contribution in [-0.4, -0.2) is 57.1 Å². The van der Waals surface area contributed by atoms with E-state index in [0.29, 0.717) is 44.1 Å². The Kier molecular flexibility index (Phi) is 5.97. The molecule has 0 aromatic heterocycles. The highest BCUT2D eigenvalue weighted by atomic mass is 16.5. The summed E-state index contributed by atoms with van der Waals surface area (Å²) >= 11 is 0. The van der Waals surface area contributed by atoms with Crippen molar-refractivity contribution in [1.29, 1.82) is 0 Å². The van der Waals surface area contributed by atoms with Gasteiger partial charge < -0.3 is 19.1 Å². The molecule has 0 aliphatic carbocycles. The number of nitrogens with zero attached hydrogens (tertiary/aromatic N) is 1. The van der Waals surface area contributed by atoms with Crippen LogP contribution in [0.1, 0.15) is 5.56 Å². The van der Waals surface area contributed by atoms with E-state index in [1.54, 1.807) is 29.2 Å². The first-order valence-corrected chi connectivity index (χ1v) is 7.03. The molecule has 1 fully saturated rings. The molecule has 1 amide bonds. The minimum atomic E-state index is -0.0738. The molecule has 22 heavy (non-hydrogen) atoms. The maximum Gasteiger partial charge on any atom is 0.260 e. The number of methoxy groups -OCH3 is 1. The van der Waals surface area contributed by atoms with Crippen LogP contribution in [0.3, 0.4) is 0 Å². The molecule has 1 aliphatic heterocycles. The Morgan fingerprint density at radius 3 is 2.77 bits per heavy atom. The first-order valence-electron chi connectivity index (χ1n) is 7.03. The van der Waals surface area contributed by atoms with E-state index in [-0.39, 0.29) is 12.5 Å². The zero-order chi connectivity index (χ0) is 15.8. The lowest BCUT2D eigenvalue weighted by Crippen LogP contribution is -2.43. The van der Waals surface area contributed by atoms with Crippen LogP contribution < -0.4 is 9.47 Å². The zero-order valence-corrected chi connectivity index (χ0v) is 12.5. The molecular formula is C16H19NO5. The van der Waals surface area contributed by atoms with E-state index in [2.05, 4.69) is 0 Å². The van der Waals surface area contributed by atoms with Gasteiger partial charge in [0.15, 0.2) is 18.1 Å². The number of rotatable bonds is 6. The highest BCUT2D eigenvalue weighted by Crippen LogP contribution is 2.28. The number of hydrogen-bond donors (Lipinski definition) is 0. The Hall–Kier alpha value is -2.34. The molecule has 0 atom stereocenters. The van der Waals surface area contributed by atoms with Crippen LogP contribution in [0.15, 0.2) is 24.3 Å². The zero-order valence-electron chi connectivity index (χ0n) is 12.5. The molecule has 0 N–H and O–H groups in total. The number of allylic oxidation sites excluding steroid dienone is 1. The maximum atomic E-state index is 12.0. The van der Waals surface area contributed by atoms with Crippen molar-refractivity contribution in [3.05, 3.63) is 29.8 Å². The second-order valence-electron chi connectivity index (χ2n) is 4.69. The molecule has 0 saturated carbocycles. The van der Waals surface area contributed by atoms with E-state index in [1.165, 1.54) is 13.2 Å². The third kappa shape index (κ3) is 4.33. The smallest absolute Gasteiger partial charge is 0.260 e. The molecule has 118 valence electrons. The summed E-state index contributed by atoms with van der Waals surface area (Å²) in [5, 5.41) is 0. The van der Waals surface area contributed by atoms with Crippen LogP contribution in [0.25, 0.3) is 6.08 Å². The average Bonchev–Trinajstić information content (AvgIpc) is 2.58. The van der Waals surface area contributed by atoms with E-state index in [4.69, 9.17) is 14.2 Å². The van der Waals surface area contributed by atoms with E-state index in [9.17, 15) is 9.59 Å². The lowest BCUT2D eigenvalue weighted by atomic mass is 10.2. The fraction of sp³-hybridized carbons (Fsp3) is 0.375. The Bertz CT molecular complexity index is 549. The van der Waals surface area contributed by atoms with Gasteiger partial charge in [-0.3, -0.25) is 9.59 Å². The molecule has 6 nitrogen and oxygen atoms in total. The molecular weight excluding hydrogens is 286 g/mol. The summed E-state index contributed by atoms with van der Waals surface area (Å²) < 4.78 is 16.0. The molecule has 0 spiro atoms. The summed E-state index contributed by atoms with van der Waals surface area (Å²) in [5.74, 6) is 0.936. The van der Waals surface area contributed by atoms with Crippen molar-refractivity contribution in [2.75, 3.05) is 40.0 Å². The van der Waals surface area contributed by atoms with Crippen LogP contribution in [0.2, 0.25) is 0 Å². The quantitative estimate of drug-likeness (QED) is 0.582. The van der Waals surface area contributed by atoms with Crippen LogP contribution in [-0.2, 0) is 14.3 Å². The van der Waals surface area contributed by atoms with Crippen molar-refractivity contribution in [3.8, 4) is 11.5 Å². The van der Waals surface area contributed by atoms with Gasteiger partial charge in [-0.25, -0.2) is 0 Å². The Morgan fingerprint density at radius 1 is 1.32 bits per heavy atom. The standard InChI is InChI=1S/C16H19NO5/c1-20-15-11-13(3-2-8-18)4-5-14(15)22-12-16(19)17-6-9-21-10-7-17/h2-5,8,11H,6-7,9-10,12H2,1H3. The number of amides is 1. The number of ether oxygens (including phenoxy) is 3. The fourth-order valence-corrected chi connectivity index (χ4v) is 2.10. The summed E-state index contributed by atoms with van der Waals surface area (Å²) in [6, 6.07) is 5.25. The largest absolute Gasteiger partial charge is 0.493 e. The maximum absolute atomic E-state index is 12.0. The Morgan fingerprint density at radius 2 is 2.09 bits per heavy atom. The minimum absolute atomic E-state index is 0.0418. The number of aldehydes is 1. The number of carbonyl (C=O) groups is 2. The van der Waals surface area contributed by atoms with Gasteiger partial charge in [0.05, 0.1) is 20.3 Å². The van der Waals surface area contributed by atoms with Gasteiger partial charge >= 0.3 is 0 Å². The van der Waals surface area contributed by atoms with E-state index < -0.39 is 0 Å². The SMILES string of the molecule is COc1cc(C=CC=O)ccc1OCC(=O)N1CCOCC1. The highest BCUT2D eigenvalue weighted by Gasteiger charge is 2.17. The van der Waals surface area contributed by atoms with Gasteiger partial charge in [-0.1, -0.05) is 12.1 Å². The second kappa shape index (κ2) is 8.19. The molecule has 1 aromatic carbocycles. The predicted octanol–water partition coefficient (Wildman–Crippen LogP) is 1.14. The number of benzene rings is 1. The third-order valence-electron chi connectivity index (χ3n) is 3.27. The second-order valence-corrected chi connectivity index (χ2v) is 4.69. The van der Waals surface area contributed by atoms with Gasteiger partial charge in [0, 0.05) is 13.1 Å². The molecule has 0 radical (unpaired) electrons. The normalized spacial score (nSPS) is 14.9. The molecule has 0 unspecified atom stereocenters. The number of hydrogen-bond acceptors (Lipinski definition) is 5. The van der Waals surface area contributed by atoms with Gasteiger partial charge in [0.25, 0.3) is 5.91 Å². The van der Waals surface area contributed by atoms with Crippen LogP contribution in [0.5, 0.6) is 11.5 Å². The first-order chi connectivity index (χ1) is 10.7. The molecule has 1 heterocycles. The lowest BCUT2D eigenvalue weighted by molar-refractivity contribution is -0.137. The van der Waals surface area contributed by atoms with Gasteiger partial charge in [0.2, 0.25) is 0 Å². The number of carbonyl (C=O) groups excluding carboxylic acids is 2. The molecule has 0 bridgehead atoms. The van der Waals surface area contributed by atoms with Crippen molar-refractivity contribution in [3.63, 3.8) is 0 Å². The van der Waals surface area contributed by atoms with Crippen LogP contribution >= 0.6 is 0 Å². The molecule has 1 aliphatic rings. The van der Waals surface area contributed by atoms with E-state index in [0.717, 1.165) is 5.56 Å². The molecule has 2 rings (SSSR count). The molecule has 6 heteroatoms. The van der Waals surface area contributed by atoms with E-state index >= 15 is 0 Å². The Labute approximate surface area is 129 Å². The van der Waals surface area contributed by atoms with Gasteiger partial charge in [-0.05, 0) is 23.8 Å². The molecule has 1 aromatic rings. The van der Waals surface area contributed by atoms with Gasteiger partial charge in [-0.2, -0.15) is 0 Å². The topological polar surface area (TPSA) is 65.1 Å². The number of morpholine rings is 1. The van der Waals surface area contributed by atoms with Crippen LogP contribution in [0.4, 0.5) is 0 Å². The van der Waals surface area contributed by atoms with Crippen molar-refractivity contribution in [1.82, 2.24) is 4.90 Å². The molecule has 1 saturated heterocycles. The minimum Gasteiger partial charge on any atom is -0.493 e. The third-order valence-corrected chi connectivity index (χ3v) is 3.27. The Balaban J connectivity index is 1.98. The van der Waals surface area contributed by atoms with Gasteiger partial charge in [0.1, 0.15) is 6.29 Å². The average molecular weight is 305 g/mol. The predicted molar refractivity (Wildman–Crippen MR) is 81.0 cm³/mol. The van der Waals surface area contributed by atoms with Crippen LogP contribution in [0, 0.1) is 0 Å². The summed E-state index contributed by atoms with van der Waals surface area (Å²) in [7, 11) is 1.53. The summed E-state index contributed by atoms with van der Waals surface area (Å²) in [5.41, 5.74) is 0.816. The van der Waals surface area contributed by atoms with Crippen molar-refractivity contribution in [2.24, 2.45) is 0 Å². The van der Waals surface area contributed by atoms with Gasteiger partial charge in [-0.15, -0.1) is 0 Å². The lowest BCUT2D eigenvalue weighted by Gasteiger charge is -2.26. The summed E-state index contributed by atoms with van der Waals surface area (Å²) in [6.45, 7) is 2.27. The first kappa shape index (κ1) is 16.0. The van der Waals surface area contributed by atoms with E-state index in [1.807, 2.05) is 0 Å². The summed E-state index contributed by atoms with van der Waals surface area (Å²) in [4.78, 5) is 24.1.